The van der Waals surface area contributed by atoms with Crippen LogP contribution in [0.4, 0.5) is 5.69 Å². The third-order valence-corrected chi connectivity index (χ3v) is 8.38. The number of sulfonamides is 1. The molecule has 1 fully saturated rings. The van der Waals surface area contributed by atoms with E-state index in [2.05, 4.69) is 19.9 Å². The van der Waals surface area contributed by atoms with Crippen LogP contribution in [0.5, 0.6) is 5.75 Å². The first kappa shape index (κ1) is 22.8. The van der Waals surface area contributed by atoms with Crippen LogP contribution in [0.15, 0.2) is 41.3 Å². The summed E-state index contributed by atoms with van der Waals surface area (Å²) in [4.78, 5) is 15.4. The number of para-hydroxylation sites is 1. The van der Waals surface area contributed by atoms with Gasteiger partial charge in [-0.1, -0.05) is 32.0 Å². The van der Waals surface area contributed by atoms with Gasteiger partial charge < -0.3 is 9.64 Å². The lowest BCUT2D eigenvalue weighted by molar-refractivity contribution is 0.0984. The Morgan fingerprint density at radius 2 is 1.81 bits per heavy atom. The summed E-state index contributed by atoms with van der Waals surface area (Å²) in [6, 6.07) is 10.8. The predicted octanol–water partition coefficient (Wildman–Crippen LogP) is 4.26. The fourth-order valence-corrected chi connectivity index (χ4v) is 7.02. The van der Waals surface area contributed by atoms with Crippen molar-refractivity contribution in [2.75, 3.05) is 31.6 Å². The van der Waals surface area contributed by atoms with Crippen LogP contribution >= 0.6 is 0 Å². The van der Waals surface area contributed by atoms with Crippen LogP contribution in [0.25, 0.3) is 0 Å². The van der Waals surface area contributed by atoms with E-state index in [1.165, 1.54) is 17.5 Å². The van der Waals surface area contributed by atoms with E-state index in [-0.39, 0.29) is 28.4 Å². The fourth-order valence-electron chi connectivity index (χ4n) is 5.16. The highest BCUT2D eigenvalue weighted by Crippen LogP contribution is 2.35. The first-order chi connectivity index (χ1) is 15.2. The number of piperidine rings is 1. The van der Waals surface area contributed by atoms with Crippen molar-refractivity contribution in [2.24, 2.45) is 11.8 Å². The third kappa shape index (κ3) is 4.16. The number of benzene rings is 2. The summed E-state index contributed by atoms with van der Waals surface area (Å²) in [6.45, 7) is 7.73. The van der Waals surface area contributed by atoms with E-state index in [4.69, 9.17) is 4.74 Å². The van der Waals surface area contributed by atoms with Crippen LogP contribution in [0.3, 0.4) is 0 Å². The number of carbonyl (C=O) groups excluding carboxylic acids is 1. The summed E-state index contributed by atoms with van der Waals surface area (Å²) >= 11 is 0. The van der Waals surface area contributed by atoms with Crippen molar-refractivity contribution in [3.8, 4) is 5.75 Å². The molecule has 32 heavy (non-hydrogen) atoms. The highest BCUT2D eigenvalue weighted by atomic mass is 32.2. The summed E-state index contributed by atoms with van der Waals surface area (Å²) in [5.74, 6) is 0.664. The first-order valence-corrected chi connectivity index (χ1v) is 12.7. The van der Waals surface area contributed by atoms with Gasteiger partial charge in [0.25, 0.3) is 5.91 Å². The zero-order valence-corrected chi connectivity index (χ0v) is 20.1. The molecule has 2 heterocycles. The monoisotopic (exact) mass is 456 g/mol. The number of aryl methyl sites for hydroxylation is 2. The minimum absolute atomic E-state index is 0.0640. The smallest absolute Gasteiger partial charge is 0.258 e. The molecule has 1 saturated heterocycles. The van der Waals surface area contributed by atoms with Gasteiger partial charge in [-0.3, -0.25) is 4.79 Å². The number of ether oxygens (including phenoxy) is 1. The Morgan fingerprint density at radius 1 is 1.09 bits per heavy atom. The Bertz CT molecular complexity index is 1120. The molecule has 2 unspecified atom stereocenters. The van der Waals surface area contributed by atoms with Crippen molar-refractivity contribution in [3.63, 3.8) is 0 Å². The van der Waals surface area contributed by atoms with E-state index < -0.39 is 10.0 Å². The number of nitrogens with zero attached hydrogens (tertiary/aromatic N) is 2. The number of methoxy groups -OCH3 is 1. The lowest BCUT2D eigenvalue weighted by Crippen LogP contribution is -2.42. The van der Waals surface area contributed by atoms with Gasteiger partial charge in [-0.05, 0) is 67.3 Å². The summed E-state index contributed by atoms with van der Waals surface area (Å²) in [6.07, 6.45) is 2.83. The van der Waals surface area contributed by atoms with E-state index in [1.807, 2.05) is 19.1 Å². The molecule has 0 N–H and O–H groups in total. The van der Waals surface area contributed by atoms with Gasteiger partial charge in [0.15, 0.2) is 0 Å². The maximum Gasteiger partial charge on any atom is 0.258 e. The number of hydrogen-bond acceptors (Lipinski definition) is 4. The SMILES string of the molecule is COc1ccc(C(=O)N2CCCc3cccc(C)c32)cc1S(=O)(=O)N1CC(C)CC(C)C1. The van der Waals surface area contributed by atoms with E-state index in [0.29, 0.717) is 25.2 Å². The van der Waals surface area contributed by atoms with Crippen LogP contribution in [0.1, 0.15) is 48.2 Å². The summed E-state index contributed by atoms with van der Waals surface area (Å²) < 4.78 is 34.1. The molecule has 2 atom stereocenters. The number of fused-ring (bicyclic) bond motifs is 1. The Kier molecular flexibility index (Phi) is 6.32. The second-order valence-corrected chi connectivity index (χ2v) is 11.2. The molecule has 0 radical (unpaired) electrons. The van der Waals surface area contributed by atoms with Gasteiger partial charge in [0.1, 0.15) is 10.6 Å². The van der Waals surface area contributed by atoms with Crippen LogP contribution in [0, 0.1) is 18.8 Å². The van der Waals surface area contributed by atoms with Gasteiger partial charge in [0.2, 0.25) is 10.0 Å². The van der Waals surface area contributed by atoms with Crippen molar-refractivity contribution < 1.29 is 17.9 Å². The maximum absolute atomic E-state index is 13.6. The van der Waals surface area contributed by atoms with Crippen molar-refractivity contribution in [2.45, 2.75) is 44.9 Å². The van der Waals surface area contributed by atoms with Gasteiger partial charge >= 0.3 is 0 Å². The van der Waals surface area contributed by atoms with Crippen LogP contribution in [-0.2, 0) is 16.4 Å². The van der Waals surface area contributed by atoms with Gasteiger partial charge in [-0.15, -0.1) is 0 Å². The van der Waals surface area contributed by atoms with Gasteiger partial charge in [0.05, 0.1) is 12.8 Å². The Hall–Kier alpha value is -2.38. The highest BCUT2D eigenvalue weighted by Gasteiger charge is 2.34. The summed E-state index contributed by atoms with van der Waals surface area (Å²) in [5, 5.41) is 0. The Labute approximate surface area is 191 Å². The summed E-state index contributed by atoms with van der Waals surface area (Å²) in [5.41, 5.74) is 3.51. The molecular formula is C25H32N2O4S. The van der Waals surface area contributed by atoms with Crippen LogP contribution < -0.4 is 9.64 Å². The standard InChI is InChI=1S/C25H32N2O4S/c1-17-13-18(2)16-26(15-17)32(29,30)23-14-21(10-11-22(23)31-4)25(28)27-12-6-9-20-8-5-7-19(3)24(20)27/h5,7-8,10-11,14,17-18H,6,9,12-13,15-16H2,1-4H3. The second-order valence-electron chi connectivity index (χ2n) is 9.28. The lowest BCUT2D eigenvalue weighted by atomic mass is 9.94. The van der Waals surface area contributed by atoms with E-state index in [9.17, 15) is 13.2 Å². The molecule has 2 aliphatic heterocycles. The molecule has 6 nitrogen and oxygen atoms in total. The number of anilines is 1. The minimum atomic E-state index is -3.79. The first-order valence-electron chi connectivity index (χ1n) is 11.3. The maximum atomic E-state index is 13.6. The molecule has 0 bridgehead atoms. The molecule has 4 rings (SSSR count). The van der Waals surface area contributed by atoms with Gasteiger partial charge in [-0.25, -0.2) is 8.42 Å². The third-order valence-electron chi connectivity index (χ3n) is 6.53. The molecule has 1 amide bonds. The Balaban J connectivity index is 1.73. The molecule has 2 aromatic rings. The average Bonchev–Trinajstić information content (AvgIpc) is 2.77. The molecule has 0 spiro atoms. The topological polar surface area (TPSA) is 66.9 Å². The van der Waals surface area contributed by atoms with Gasteiger partial charge in [0, 0.05) is 25.2 Å². The molecule has 0 saturated carbocycles. The average molecular weight is 457 g/mol. The normalized spacial score (nSPS) is 21.8. The quantitative estimate of drug-likeness (QED) is 0.689. The molecule has 172 valence electrons. The lowest BCUT2D eigenvalue weighted by Gasteiger charge is -2.34. The number of hydrogen-bond donors (Lipinski definition) is 0. The predicted molar refractivity (Wildman–Crippen MR) is 126 cm³/mol. The van der Waals surface area contributed by atoms with Crippen molar-refractivity contribution in [1.29, 1.82) is 0 Å². The van der Waals surface area contributed by atoms with E-state index >= 15 is 0 Å². The molecule has 0 aromatic heterocycles. The minimum Gasteiger partial charge on any atom is -0.495 e. The number of rotatable bonds is 4. The largest absolute Gasteiger partial charge is 0.495 e. The molecule has 2 aromatic carbocycles. The zero-order valence-electron chi connectivity index (χ0n) is 19.3. The van der Waals surface area contributed by atoms with Crippen LogP contribution in [0.2, 0.25) is 0 Å². The number of amides is 1. The van der Waals surface area contributed by atoms with Crippen molar-refractivity contribution in [1.82, 2.24) is 4.31 Å². The fraction of sp³-hybridized carbons (Fsp3) is 0.480. The molecule has 2 aliphatic rings. The summed E-state index contributed by atoms with van der Waals surface area (Å²) in [7, 11) is -2.33. The zero-order chi connectivity index (χ0) is 23.0. The Morgan fingerprint density at radius 3 is 2.50 bits per heavy atom. The van der Waals surface area contributed by atoms with Crippen LogP contribution in [-0.4, -0.2) is 45.4 Å². The number of carbonyl (C=O) groups is 1. The molecule has 0 aliphatic carbocycles. The van der Waals surface area contributed by atoms with E-state index in [1.54, 1.807) is 17.0 Å². The van der Waals surface area contributed by atoms with E-state index in [0.717, 1.165) is 36.1 Å². The molecule has 7 heteroatoms. The van der Waals surface area contributed by atoms with Crippen molar-refractivity contribution in [3.05, 3.63) is 53.1 Å². The van der Waals surface area contributed by atoms with Gasteiger partial charge in [-0.2, -0.15) is 4.31 Å². The van der Waals surface area contributed by atoms with Crippen molar-refractivity contribution >= 4 is 21.6 Å². The molecular weight excluding hydrogens is 424 g/mol. The highest BCUT2D eigenvalue weighted by molar-refractivity contribution is 7.89. The second kappa shape index (κ2) is 8.87.